The summed E-state index contributed by atoms with van der Waals surface area (Å²) < 4.78 is 5.84. The highest BCUT2D eigenvalue weighted by molar-refractivity contribution is 5.89. The number of nitrogens with one attached hydrogen (secondary N) is 3. The molecule has 218 valence electrons. The van der Waals surface area contributed by atoms with Gasteiger partial charge in [0.05, 0.1) is 12.9 Å². The Labute approximate surface area is 244 Å². The molecule has 42 heavy (non-hydrogen) atoms. The third-order valence-electron chi connectivity index (χ3n) is 6.65. The first kappa shape index (κ1) is 29.8. The number of carbonyl (C=O) groups excluding carboxylic acids is 2. The van der Waals surface area contributed by atoms with E-state index in [0.717, 1.165) is 16.7 Å². The number of carbonyl (C=O) groups is 3. The van der Waals surface area contributed by atoms with E-state index in [-0.39, 0.29) is 31.3 Å². The van der Waals surface area contributed by atoms with E-state index in [1.54, 1.807) is 24.5 Å². The molecule has 0 saturated carbocycles. The zero-order valence-electron chi connectivity index (χ0n) is 23.3. The number of rotatable bonds is 14. The van der Waals surface area contributed by atoms with Crippen molar-refractivity contribution in [2.75, 3.05) is 13.1 Å². The van der Waals surface area contributed by atoms with Crippen molar-refractivity contribution >= 4 is 17.9 Å². The highest BCUT2D eigenvalue weighted by Crippen LogP contribution is 2.17. The van der Waals surface area contributed by atoms with Crippen molar-refractivity contribution in [3.05, 3.63) is 114 Å². The molecule has 2 aromatic carbocycles. The zero-order valence-corrected chi connectivity index (χ0v) is 23.3. The van der Waals surface area contributed by atoms with Gasteiger partial charge in [-0.2, -0.15) is 0 Å². The van der Waals surface area contributed by atoms with Crippen molar-refractivity contribution in [1.82, 2.24) is 30.5 Å². The van der Waals surface area contributed by atoms with Gasteiger partial charge in [-0.25, -0.2) is 9.78 Å². The van der Waals surface area contributed by atoms with Crippen molar-refractivity contribution in [3.63, 3.8) is 0 Å². The first-order valence-corrected chi connectivity index (χ1v) is 13.5. The van der Waals surface area contributed by atoms with Gasteiger partial charge in [-0.1, -0.05) is 49.4 Å². The SMILES string of the molecule is CC(CNC(=O)CN(Cc1ccc(OCc2ccncc2)cc1)C(=O)[C@H](Cc1cnc[nH]1)NC(=O)O)c1ccccc1. The van der Waals surface area contributed by atoms with Crippen LogP contribution < -0.4 is 15.4 Å². The summed E-state index contributed by atoms with van der Waals surface area (Å²) in [5.74, 6) is -0.165. The number of carboxylic acid groups (broad SMARTS) is 1. The van der Waals surface area contributed by atoms with Gasteiger partial charge >= 0.3 is 6.09 Å². The average molecular weight is 571 g/mol. The highest BCUT2D eigenvalue weighted by atomic mass is 16.5. The van der Waals surface area contributed by atoms with Crippen molar-refractivity contribution in [1.29, 1.82) is 0 Å². The maximum atomic E-state index is 13.7. The summed E-state index contributed by atoms with van der Waals surface area (Å²) in [5, 5.41) is 14.6. The maximum Gasteiger partial charge on any atom is 0.405 e. The fourth-order valence-electron chi connectivity index (χ4n) is 4.35. The van der Waals surface area contributed by atoms with Gasteiger partial charge in [-0.3, -0.25) is 14.6 Å². The normalized spacial score (nSPS) is 12.1. The fourth-order valence-corrected chi connectivity index (χ4v) is 4.35. The monoisotopic (exact) mass is 570 g/mol. The van der Waals surface area contributed by atoms with Crippen LogP contribution in [0.15, 0.2) is 91.6 Å². The minimum absolute atomic E-state index is 0.0517. The number of nitrogens with zero attached hydrogens (tertiary/aromatic N) is 3. The van der Waals surface area contributed by atoms with Crippen LogP contribution in [-0.2, 0) is 29.2 Å². The number of benzene rings is 2. The topological polar surface area (TPSA) is 150 Å². The first-order chi connectivity index (χ1) is 20.4. The lowest BCUT2D eigenvalue weighted by Gasteiger charge is -2.27. The van der Waals surface area contributed by atoms with Crippen molar-refractivity contribution in [3.8, 4) is 5.75 Å². The molecule has 2 atom stereocenters. The van der Waals surface area contributed by atoms with Gasteiger partial charge in [-0.15, -0.1) is 0 Å². The standard InChI is InChI=1S/C31H34N6O5/c1-22(25-5-3-2-4-6-25)16-34-29(38)19-37(30(39)28(36-31(40)41)15-26-17-33-21-35-26)18-23-7-9-27(10-8-23)42-20-24-11-13-32-14-12-24/h2-14,17,21-22,28,36H,15-16,18-20H2,1H3,(H,33,35)(H,34,38)(H,40,41)/t22?,28-/m0/s1. The second-order valence-corrected chi connectivity index (χ2v) is 9.88. The molecule has 11 heteroatoms. The molecule has 0 bridgehead atoms. The van der Waals surface area contributed by atoms with Gasteiger partial charge in [0.15, 0.2) is 0 Å². The Hall–Kier alpha value is -5.19. The minimum atomic E-state index is -1.34. The Kier molecular flexibility index (Phi) is 10.6. The van der Waals surface area contributed by atoms with E-state index in [0.29, 0.717) is 24.6 Å². The number of ether oxygens (including phenoxy) is 1. The van der Waals surface area contributed by atoms with Gasteiger partial charge in [0.25, 0.3) is 0 Å². The molecule has 0 aliphatic heterocycles. The van der Waals surface area contributed by atoms with Gasteiger partial charge in [0, 0.05) is 43.8 Å². The molecular weight excluding hydrogens is 536 g/mol. The molecule has 0 aliphatic rings. The molecule has 11 nitrogen and oxygen atoms in total. The Morgan fingerprint density at radius 1 is 0.976 bits per heavy atom. The molecule has 0 fully saturated rings. The smallest absolute Gasteiger partial charge is 0.405 e. The van der Waals surface area contributed by atoms with Crippen LogP contribution in [0.4, 0.5) is 4.79 Å². The summed E-state index contributed by atoms with van der Waals surface area (Å²) in [6, 6.07) is 19.6. The lowest BCUT2D eigenvalue weighted by molar-refractivity contribution is -0.138. The lowest BCUT2D eigenvalue weighted by Crippen LogP contribution is -2.51. The summed E-state index contributed by atoms with van der Waals surface area (Å²) in [4.78, 5) is 50.5. The number of amides is 3. The average Bonchev–Trinajstić information content (AvgIpc) is 3.52. The van der Waals surface area contributed by atoms with Crippen LogP contribution in [0.1, 0.15) is 35.2 Å². The van der Waals surface area contributed by atoms with Crippen molar-refractivity contribution in [2.24, 2.45) is 0 Å². The van der Waals surface area contributed by atoms with Crippen LogP contribution in [0.3, 0.4) is 0 Å². The first-order valence-electron chi connectivity index (χ1n) is 13.5. The van der Waals surface area contributed by atoms with Gasteiger partial charge < -0.3 is 30.4 Å². The number of hydrogen-bond acceptors (Lipinski definition) is 6. The Morgan fingerprint density at radius 2 is 1.71 bits per heavy atom. The maximum absolute atomic E-state index is 13.7. The number of H-pyrrole nitrogens is 1. The summed E-state index contributed by atoms with van der Waals surface area (Å²) in [7, 11) is 0. The predicted octanol–water partition coefficient (Wildman–Crippen LogP) is 3.51. The van der Waals surface area contributed by atoms with E-state index in [2.05, 4.69) is 25.6 Å². The third kappa shape index (κ3) is 9.19. The Bertz CT molecular complexity index is 1420. The number of pyridine rings is 1. The molecular formula is C31H34N6O5. The van der Waals surface area contributed by atoms with E-state index in [9.17, 15) is 19.5 Å². The zero-order chi connectivity index (χ0) is 29.7. The quantitative estimate of drug-likeness (QED) is 0.181. The molecule has 4 N–H and O–H groups in total. The van der Waals surface area contributed by atoms with Crippen LogP contribution in [0, 0.1) is 0 Å². The summed E-state index contributed by atoms with van der Waals surface area (Å²) in [6.07, 6.45) is 5.08. The van der Waals surface area contributed by atoms with Crippen LogP contribution in [-0.4, -0.2) is 62.0 Å². The summed E-state index contributed by atoms with van der Waals surface area (Å²) in [6.45, 7) is 2.62. The minimum Gasteiger partial charge on any atom is -0.489 e. The second kappa shape index (κ2) is 15.0. The summed E-state index contributed by atoms with van der Waals surface area (Å²) >= 11 is 0. The van der Waals surface area contributed by atoms with E-state index in [4.69, 9.17) is 4.74 Å². The number of aromatic amines is 1. The van der Waals surface area contributed by atoms with E-state index in [1.165, 1.54) is 17.4 Å². The van der Waals surface area contributed by atoms with Crippen LogP contribution in [0.2, 0.25) is 0 Å². The van der Waals surface area contributed by atoms with Crippen molar-refractivity contribution < 1.29 is 24.2 Å². The second-order valence-electron chi connectivity index (χ2n) is 9.88. The Balaban J connectivity index is 1.45. The van der Waals surface area contributed by atoms with E-state index in [1.807, 2.05) is 61.5 Å². The molecule has 0 saturated heterocycles. The molecule has 0 aliphatic carbocycles. The lowest BCUT2D eigenvalue weighted by atomic mass is 10.0. The molecule has 2 heterocycles. The molecule has 4 rings (SSSR count). The molecule has 2 aromatic heterocycles. The van der Waals surface area contributed by atoms with Crippen molar-refractivity contribution in [2.45, 2.75) is 38.5 Å². The van der Waals surface area contributed by atoms with Crippen LogP contribution in [0.5, 0.6) is 5.75 Å². The third-order valence-corrected chi connectivity index (χ3v) is 6.65. The van der Waals surface area contributed by atoms with Crippen LogP contribution in [0.25, 0.3) is 0 Å². The van der Waals surface area contributed by atoms with Gasteiger partial charge in [-0.05, 0) is 46.9 Å². The summed E-state index contributed by atoms with van der Waals surface area (Å²) in [5.41, 5.74) is 3.40. The van der Waals surface area contributed by atoms with E-state index >= 15 is 0 Å². The highest BCUT2D eigenvalue weighted by Gasteiger charge is 2.28. The molecule has 4 aromatic rings. The van der Waals surface area contributed by atoms with Gasteiger partial charge in [0.1, 0.15) is 18.4 Å². The number of hydrogen-bond donors (Lipinski definition) is 4. The molecule has 1 unspecified atom stereocenters. The molecule has 3 amide bonds. The van der Waals surface area contributed by atoms with Gasteiger partial charge in [0.2, 0.25) is 11.8 Å². The predicted molar refractivity (Wildman–Crippen MR) is 156 cm³/mol. The molecule has 0 radical (unpaired) electrons. The number of aromatic nitrogens is 3. The van der Waals surface area contributed by atoms with E-state index < -0.39 is 18.0 Å². The Morgan fingerprint density at radius 3 is 2.38 bits per heavy atom. The fraction of sp³-hybridized carbons (Fsp3) is 0.258. The van der Waals surface area contributed by atoms with Crippen LogP contribution >= 0.6 is 0 Å². The number of imidazole rings is 1. The molecule has 0 spiro atoms. The largest absolute Gasteiger partial charge is 0.489 e.